The lowest BCUT2D eigenvalue weighted by atomic mass is 9.96. The Bertz CT molecular complexity index is 1130. The van der Waals surface area contributed by atoms with Gasteiger partial charge in [-0.25, -0.2) is 0 Å². The second kappa shape index (κ2) is 6.35. The molecule has 1 aliphatic heterocycles. The molecule has 2 aromatic heterocycles. The summed E-state index contributed by atoms with van der Waals surface area (Å²) in [4.78, 5) is 16.0. The van der Waals surface area contributed by atoms with Crippen molar-refractivity contribution >= 4 is 23.0 Å². The average Bonchev–Trinajstić information content (AvgIpc) is 3.07. The highest BCUT2D eigenvalue weighted by molar-refractivity contribution is 5.99. The molecule has 9 nitrogen and oxygen atoms in total. The molecule has 0 spiro atoms. The van der Waals surface area contributed by atoms with Crippen molar-refractivity contribution in [2.75, 3.05) is 24.2 Å². The van der Waals surface area contributed by atoms with Gasteiger partial charge in [0.15, 0.2) is 5.69 Å². The fourth-order valence-electron chi connectivity index (χ4n) is 3.29. The molecule has 0 saturated carbocycles. The maximum atomic E-state index is 12.4. The molecule has 1 amide bonds. The number of aryl methyl sites for hydroxylation is 1. The lowest BCUT2D eigenvalue weighted by Crippen LogP contribution is -2.27. The summed E-state index contributed by atoms with van der Waals surface area (Å²) in [6.45, 7) is -0.591. The van der Waals surface area contributed by atoms with Crippen LogP contribution in [0.5, 0.6) is 0 Å². The van der Waals surface area contributed by atoms with Crippen LogP contribution >= 0.6 is 0 Å². The Labute approximate surface area is 160 Å². The van der Waals surface area contributed by atoms with Gasteiger partial charge < -0.3 is 15.5 Å². The Morgan fingerprint density at radius 3 is 2.89 bits per heavy atom. The maximum absolute atomic E-state index is 12.4. The molecular weight excluding hydrogens is 344 g/mol. The van der Waals surface area contributed by atoms with Crippen LogP contribution in [0.2, 0.25) is 0 Å². The SMILES string of the molecule is [2H]C([2H])([2H])NC(=O)c1nnccc1Nc1cccc2c1N(C)C(C)c1nn(C)nc1-2. The van der Waals surface area contributed by atoms with Gasteiger partial charge in [-0.15, -0.1) is 5.10 Å². The predicted octanol–water partition coefficient (Wildman–Crippen LogP) is 1.89. The molecule has 3 heterocycles. The lowest BCUT2D eigenvalue weighted by molar-refractivity contribution is 0.0958. The van der Waals surface area contributed by atoms with Crippen LogP contribution < -0.4 is 15.5 Å². The predicted molar refractivity (Wildman–Crippen MR) is 102 cm³/mol. The number of aromatic nitrogens is 5. The lowest BCUT2D eigenvalue weighted by Gasteiger charge is -2.34. The number of benzene rings is 1. The van der Waals surface area contributed by atoms with Crippen LogP contribution in [0.25, 0.3) is 11.3 Å². The van der Waals surface area contributed by atoms with E-state index in [9.17, 15) is 4.79 Å². The van der Waals surface area contributed by atoms with Crippen LogP contribution in [0.1, 0.15) is 33.3 Å². The van der Waals surface area contributed by atoms with Gasteiger partial charge >= 0.3 is 0 Å². The first kappa shape index (κ1) is 13.7. The Morgan fingerprint density at radius 1 is 1.22 bits per heavy atom. The van der Waals surface area contributed by atoms with Crippen molar-refractivity contribution in [2.45, 2.75) is 13.0 Å². The molecular formula is C18H20N8O. The molecule has 0 saturated heterocycles. The van der Waals surface area contributed by atoms with Crippen molar-refractivity contribution in [1.29, 1.82) is 0 Å². The largest absolute Gasteiger partial charge is 0.364 e. The number of para-hydroxylation sites is 1. The second-order valence-corrected chi connectivity index (χ2v) is 6.28. The van der Waals surface area contributed by atoms with E-state index in [4.69, 9.17) is 4.11 Å². The summed E-state index contributed by atoms with van der Waals surface area (Å²) < 4.78 is 21.8. The van der Waals surface area contributed by atoms with Gasteiger partial charge in [0.2, 0.25) is 0 Å². The van der Waals surface area contributed by atoms with Gasteiger partial charge in [0.1, 0.15) is 11.4 Å². The van der Waals surface area contributed by atoms with Crippen LogP contribution in [0, 0.1) is 0 Å². The maximum Gasteiger partial charge on any atom is 0.273 e. The molecule has 138 valence electrons. The Balaban J connectivity index is 1.77. The fourth-order valence-corrected chi connectivity index (χ4v) is 3.29. The first-order valence-electron chi connectivity index (χ1n) is 9.84. The quantitative estimate of drug-likeness (QED) is 0.729. The standard InChI is InChI=1S/C18H20N8O/c1-10-14-15(24-26(4)23-14)11-6-5-7-13(17(11)25(10)3)21-12-8-9-20-22-16(12)18(27)19-2/h5-10H,1-4H3,(H,19,27)(H,20,21)/i2D3. The van der Waals surface area contributed by atoms with E-state index in [-0.39, 0.29) is 11.7 Å². The van der Waals surface area contributed by atoms with E-state index in [0.717, 1.165) is 22.6 Å². The summed E-state index contributed by atoms with van der Waals surface area (Å²) in [6, 6.07) is 7.26. The van der Waals surface area contributed by atoms with E-state index in [1.165, 1.54) is 6.20 Å². The van der Waals surface area contributed by atoms with E-state index < -0.39 is 12.9 Å². The zero-order valence-corrected chi connectivity index (χ0v) is 15.1. The molecule has 3 aromatic rings. The molecule has 0 fully saturated rings. The van der Waals surface area contributed by atoms with Crippen molar-refractivity contribution in [3.05, 3.63) is 41.9 Å². The van der Waals surface area contributed by atoms with Gasteiger partial charge in [0, 0.05) is 30.7 Å². The number of hydrogen-bond donors (Lipinski definition) is 2. The van der Waals surface area contributed by atoms with Gasteiger partial charge in [-0.05, 0) is 19.1 Å². The zero-order valence-electron chi connectivity index (χ0n) is 18.1. The number of carbonyl (C=O) groups excluding carboxylic acids is 1. The van der Waals surface area contributed by atoms with Crippen molar-refractivity contribution in [1.82, 2.24) is 30.5 Å². The topological polar surface area (TPSA) is 101 Å². The molecule has 9 heteroatoms. The van der Waals surface area contributed by atoms with Crippen LogP contribution in [0.15, 0.2) is 30.5 Å². The van der Waals surface area contributed by atoms with Gasteiger partial charge in [-0.3, -0.25) is 4.79 Å². The minimum Gasteiger partial charge on any atom is -0.364 e. The Kier molecular flexibility index (Phi) is 3.22. The summed E-state index contributed by atoms with van der Waals surface area (Å²) in [5.41, 5.74) is 4.41. The smallest absolute Gasteiger partial charge is 0.273 e. The van der Waals surface area contributed by atoms with Crippen molar-refractivity contribution in [3.63, 3.8) is 0 Å². The summed E-state index contributed by atoms with van der Waals surface area (Å²) in [5.74, 6) is -0.840. The van der Waals surface area contributed by atoms with Gasteiger partial charge in [0.05, 0.1) is 29.3 Å². The fraction of sp³-hybridized carbons (Fsp3) is 0.278. The number of rotatable bonds is 3. The van der Waals surface area contributed by atoms with Crippen molar-refractivity contribution in [3.8, 4) is 11.3 Å². The highest BCUT2D eigenvalue weighted by Gasteiger charge is 2.32. The first-order valence-corrected chi connectivity index (χ1v) is 8.34. The highest BCUT2D eigenvalue weighted by atomic mass is 16.1. The van der Waals surface area contributed by atoms with Crippen LogP contribution in [-0.2, 0) is 7.05 Å². The molecule has 1 aromatic carbocycles. The van der Waals surface area contributed by atoms with Crippen molar-refractivity contribution in [2.24, 2.45) is 7.05 Å². The van der Waals surface area contributed by atoms with Gasteiger partial charge in [-0.1, -0.05) is 12.1 Å². The minimum absolute atomic E-state index is 0.0157. The zero-order chi connectivity index (χ0) is 21.6. The number of fused-ring (bicyclic) bond motifs is 3. The third-order valence-corrected chi connectivity index (χ3v) is 4.68. The molecule has 0 bridgehead atoms. The van der Waals surface area contributed by atoms with Crippen molar-refractivity contribution < 1.29 is 8.91 Å². The molecule has 0 aliphatic carbocycles. The Morgan fingerprint density at radius 2 is 2.07 bits per heavy atom. The van der Waals surface area contributed by atoms with Crippen LogP contribution in [0.4, 0.5) is 17.1 Å². The van der Waals surface area contributed by atoms with E-state index >= 15 is 0 Å². The summed E-state index contributed by atoms with van der Waals surface area (Å²) in [6.07, 6.45) is 1.43. The van der Waals surface area contributed by atoms with Gasteiger partial charge in [-0.2, -0.15) is 20.1 Å². The molecule has 2 N–H and O–H groups in total. The van der Waals surface area contributed by atoms with E-state index in [2.05, 4.69) is 30.6 Å². The highest BCUT2D eigenvalue weighted by Crippen LogP contribution is 2.46. The number of nitrogens with one attached hydrogen (secondary N) is 2. The van der Waals surface area contributed by atoms with E-state index in [1.807, 2.05) is 37.5 Å². The van der Waals surface area contributed by atoms with Gasteiger partial charge in [0.25, 0.3) is 5.91 Å². The molecule has 1 unspecified atom stereocenters. The number of hydrogen-bond acceptors (Lipinski definition) is 7. The average molecular weight is 367 g/mol. The third-order valence-electron chi connectivity index (χ3n) is 4.68. The third kappa shape index (κ3) is 2.67. The van der Waals surface area contributed by atoms with E-state index in [0.29, 0.717) is 11.4 Å². The molecule has 27 heavy (non-hydrogen) atoms. The summed E-state index contributed by atoms with van der Waals surface area (Å²) >= 11 is 0. The van der Waals surface area contributed by atoms with E-state index in [1.54, 1.807) is 17.9 Å². The second-order valence-electron chi connectivity index (χ2n) is 6.28. The molecule has 1 atom stereocenters. The first-order chi connectivity index (χ1) is 14.2. The minimum atomic E-state index is -2.63. The monoisotopic (exact) mass is 367 g/mol. The summed E-state index contributed by atoms with van der Waals surface area (Å²) in [5, 5.41) is 21.7. The number of carbonyl (C=O) groups is 1. The normalized spacial score (nSPS) is 17.2. The Hall–Kier alpha value is -3.49. The van der Waals surface area contributed by atoms with Crippen LogP contribution in [-0.4, -0.2) is 45.1 Å². The number of anilines is 3. The summed E-state index contributed by atoms with van der Waals surface area (Å²) in [7, 11) is 3.74. The van der Waals surface area contributed by atoms with Crippen LogP contribution in [0.3, 0.4) is 0 Å². The number of amides is 1. The molecule has 1 aliphatic rings. The molecule has 4 rings (SSSR count). The number of nitrogens with zero attached hydrogens (tertiary/aromatic N) is 6. The molecule has 0 radical (unpaired) electrons.